The minimum absolute atomic E-state index is 0.0756. The maximum atomic E-state index is 11.3. The number of carbonyl (C=O) groups excluding carboxylic acids is 1. The Bertz CT molecular complexity index is 574. The summed E-state index contributed by atoms with van der Waals surface area (Å²) in [4.78, 5) is 13.4. The Kier molecular flexibility index (Phi) is 3.85. The fourth-order valence-corrected chi connectivity index (χ4v) is 1.83. The zero-order valence-corrected chi connectivity index (χ0v) is 11.5. The molecule has 3 heteroatoms. The number of anilines is 3. The van der Waals surface area contributed by atoms with Gasteiger partial charge in [0.25, 0.3) is 0 Å². The van der Waals surface area contributed by atoms with Crippen molar-refractivity contribution in [3.05, 3.63) is 54.1 Å². The topological polar surface area (TPSA) is 32.3 Å². The van der Waals surface area contributed by atoms with Gasteiger partial charge in [-0.15, -0.1) is 0 Å². The van der Waals surface area contributed by atoms with Gasteiger partial charge in [0.05, 0.1) is 0 Å². The number of hydrogen-bond acceptors (Lipinski definition) is 3. The number of nitrogens with zero attached hydrogens (tertiary/aromatic N) is 1. The number of hydrogen-bond donors (Lipinski definition) is 1. The maximum absolute atomic E-state index is 11.3. The average Bonchev–Trinajstić information content (AvgIpc) is 2.39. The Hall–Kier alpha value is -2.29. The third-order valence-corrected chi connectivity index (χ3v) is 2.94. The first-order valence-corrected chi connectivity index (χ1v) is 6.21. The smallest absolute Gasteiger partial charge is 0.159 e. The van der Waals surface area contributed by atoms with E-state index in [2.05, 4.69) is 22.3 Å². The second-order valence-electron chi connectivity index (χ2n) is 4.70. The number of rotatable bonds is 4. The fraction of sp³-hybridized carbons (Fsp3) is 0.188. The van der Waals surface area contributed by atoms with Gasteiger partial charge in [-0.25, -0.2) is 0 Å². The Labute approximate surface area is 113 Å². The van der Waals surface area contributed by atoms with Crippen LogP contribution in [0.1, 0.15) is 17.3 Å². The van der Waals surface area contributed by atoms with Crippen LogP contribution in [0.25, 0.3) is 0 Å². The zero-order valence-electron chi connectivity index (χ0n) is 11.5. The summed E-state index contributed by atoms with van der Waals surface area (Å²) in [5, 5.41) is 3.29. The summed E-state index contributed by atoms with van der Waals surface area (Å²) < 4.78 is 0. The van der Waals surface area contributed by atoms with Gasteiger partial charge in [0.2, 0.25) is 0 Å². The number of carbonyl (C=O) groups is 1. The molecule has 0 amide bonds. The summed E-state index contributed by atoms with van der Waals surface area (Å²) in [6.07, 6.45) is 0. The molecule has 0 atom stereocenters. The van der Waals surface area contributed by atoms with Crippen molar-refractivity contribution < 1.29 is 4.79 Å². The van der Waals surface area contributed by atoms with Crippen molar-refractivity contribution in [1.29, 1.82) is 0 Å². The van der Waals surface area contributed by atoms with Crippen molar-refractivity contribution in [2.75, 3.05) is 24.3 Å². The quantitative estimate of drug-likeness (QED) is 0.844. The molecule has 0 saturated heterocycles. The minimum Gasteiger partial charge on any atom is -0.378 e. The first-order chi connectivity index (χ1) is 9.06. The van der Waals surface area contributed by atoms with Gasteiger partial charge >= 0.3 is 0 Å². The van der Waals surface area contributed by atoms with E-state index in [4.69, 9.17) is 0 Å². The van der Waals surface area contributed by atoms with Crippen LogP contribution in [0.4, 0.5) is 17.1 Å². The van der Waals surface area contributed by atoms with Gasteiger partial charge in [0, 0.05) is 36.7 Å². The highest BCUT2D eigenvalue weighted by Crippen LogP contribution is 2.20. The second kappa shape index (κ2) is 5.57. The number of Topliss-reactive ketones (excluding diaryl/α,β-unsaturated/α-hetero) is 1. The molecule has 19 heavy (non-hydrogen) atoms. The van der Waals surface area contributed by atoms with E-state index in [1.54, 1.807) is 6.92 Å². The van der Waals surface area contributed by atoms with Crippen LogP contribution in [0.15, 0.2) is 48.5 Å². The van der Waals surface area contributed by atoms with Crippen molar-refractivity contribution in [1.82, 2.24) is 0 Å². The Balaban J connectivity index is 2.16. The van der Waals surface area contributed by atoms with E-state index in [0.29, 0.717) is 0 Å². The molecule has 0 bridgehead atoms. The van der Waals surface area contributed by atoms with Crippen molar-refractivity contribution in [2.45, 2.75) is 6.92 Å². The first kappa shape index (κ1) is 13.1. The van der Waals surface area contributed by atoms with Crippen LogP contribution in [0, 0.1) is 0 Å². The lowest BCUT2D eigenvalue weighted by atomic mass is 10.1. The van der Waals surface area contributed by atoms with E-state index >= 15 is 0 Å². The molecule has 2 aromatic carbocycles. The molecular formula is C16H18N2O. The Morgan fingerprint density at radius 3 is 2.26 bits per heavy atom. The second-order valence-corrected chi connectivity index (χ2v) is 4.70. The zero-order chi connectivity index (χ0) is 13.8. The molecule has 0 saturated carbocycles. The van der Waals surface area contributed by atoms with Crippen LogP contribution >= 0.6 is 0 Å². The van der Waals surface area contributed by atoms with Crippen molar-refractivity contribution >= 4 is 22.8 Å². The molecule has 3 nitrogen and oxygen atoms in total. The third kappa shape index (κ3) is 3.35. The number of ketones is 1. The van der Waals surface area contributed by atoms with E-state index in [1.165, 1.54) is 0 Å². The van der Waals surface area contributed by atoms with E-state index < -0.39 is 0 Å². The highest BCUT2D eigenvalue weighted by molar-refractivity contribution is 5.95. The lowest BCUT2D eigenvalue weighted by molar-refractivity contribution is 0.101. The molecule has 98 valence electrons. The van der Waals surface area contributed by atoms with E-state index in [9.17, 15) is 4.79 Å². The molecule has 0 heterocycles. The van der Waals surface area contributed by atoms with Crippen molar-refractivity contribution in [3.8, 4) is 0 Å². The molecule has 0 unspecified atom stereocenters. The molecule has 0 fully saturated rings. The van der Waals surface area contributed by atoms with Crippen LogP contribution in [-0.2, 0) is 0 Å². The summed E-state index contributed by atoms with van der Waals surface area (Å²) in [5.41, 5.74) is 3.80. The van der Waals surface area contributed by atoms with Crippen molar-refractivity contribution in [3.63, 3.8) is 0 Å². The van der Waals surface area contributed by atoms with E-state index in [0.717, 1.165) is 22.6 Å². The van der Waals surface area contributed by atoms with Crippen LogP contribution < -0.4 is 10.2 Å². The monoisotopic (exact) mass is 254 g/mol. The van der Waals surface area contributed by atoms with E-state index in [1.807, 2.05) is 50.5 Å². The molecule has 2 rings (SSSR count). The van der Waals surface area contributed by atoms with Gasteiger partial charge in [0.1, 0.15) is 0 Å². The number of benzene rings is 2. The van der Waals surface area contributed by atoms with Crippen LogP contribution in [0.5, 0.6) is 0 Å². The standard InChI is InChI=1S/C16H18N2O/c1-12(19)13-5-4-6-15(11-13)17-14-7-9-16(10-8-14)18(2)3/h4-11,17H,1-3H3. The van der Waals surface area contributed by atoms with Gasteiger partial charge < -0.3 is 10.2 Å². The van der Waals surface area contributed by atoms with Gasteiger partial charge in [0.15, 0.2) is 5.78 Å². The van der Waals surface area contributed by atoms with Crippen LogP contribution in [0.2, 0.25) is 0 Å². The van der Waals surface area contributed by atoms with Gasteiger partial charge in [-0.3, -0.25) is 4.79 Å². The molecule has 0 aromatic heterocycles. The lowest BCUT2D eigenvalue weighted by Crippen LogP contribution is -2.08. The molecule has 1 N–H and O–H groups in total. The third-order valence-electron chi connectivity index (χ3n) is 2.94. The maximum Gasteiger partial charge on any atom is 0.159 e. The van der Waals surface area contributed by atoms with Gasteiger partial charge in [-0.2, -0.15) is 0 Å². The highest BCUT2D eigenvalue weighted by Gasteiger charge is 2.01. The Morgan fingerprint density at radius 1 is 1.00 bits per heavy atom. The van der Waals surface area contributed by atoms with Crippen molar-refractivity contribution in [2.24, 2.45) is 0 Å². The lowest BCUT2D eigenvalue weighted by Gasteiger charge is -2.13. The molecule has 2 aromatic rings. The molecule has 0 aliphatic carbocycles. The molecule has 0 aliphatic heterocycles. The predicted octanol–water partition coefficient (Wildman–Crippen LogP) is 3.70. The predicted molar refractivity (Wildman–Crippen MR) is 80.5 cm³/mol. The van der Waals surface area contributed by atoms with E-state index in [-0.39, 0.29) is 5.78 Å². The van der Waals surface area contributed by atoms with Gasteiger partial charge in [-0.05, 0) is 43.3 Å². The summed E-state index contributed by atoms with van der Waals surface area (Å²) in [7, 11) is 4.03. The van der Waals surface area contributed by atoms with Crippen LogP contribution in [0.3, 0.4) is 0 Å². The normalized spacial score (nSPS) is 10.1. The largest absolute Gasteiger partial charge is 0.378 e. The summed E-state index contributed by atoms with van der Waals surface area (Å²) >= 11 is 0. The first-order valence-electron chi connectivity index (χ1n) is 6.21. The SMILES string of the molecule is CC(=O)c1cccc(Nc2ccc(N(C)C)cc2)c1. The van der Waals surface area contributed by atoms with Gasteiger partial charge in [-0.1, -0.05) is 12.1 Å². The molecule has 0 radical (unpaired) electrons. The summed E-state index contributed by atoms with van der Waals surface area (Å²) in [6, 6.07) is 15.7. The summed E-state index contributed by atoms with van der Waals surface area (Å²) in [6.45, 7) is 1.57. The molecule has 0 aliphatic rings. The highest BCUT2D eigenvalue weighted by atomic mass is 16.1. The molecule has 0 spiro atoms. The number of nitrogens with one attached hydrogen (secondary N) is 1. The average molecular weight is 254 g/mol. The molecular weight excluding hydrogens is 236 g/mol. The summed E-state index contributed by atoms with van der Waals surface area (Å²) in [5.74, 6) is 0.0756. The Morgan fingerprint density at radius 2 is 1.68 bits per heavy atom. The minimum atomic E-state index is 0.0756. The van der Waals surface area contributed by atoms with Crippen LogP contribution in [-0.4, -0.2) is 19.9 Å². The fourth-order valence-electron chi connectivity index (χ4n) is 1.83.